The molecule has 2 aromatic rings. The molecule has 0 radical (unpaired) electrons. The predicted molar refractivity (Wildman–Crippen MR) is 119 cm³/mol. The van der Waals surface area contributed by atoms with Gasteiger partial charge in [0.2, 0.25) is 0 Å². The number of fused-ring (bicyclic) bond motifs is 3. The number of carboxylic acids is 1. The molecule has 0 aliphatic carbocycles. The minimum absolute atomic E-state index is 0.0418. The lowest BCUT2D eigenvalue weighted by Crippen LogP contribution is -2.47. The third-order valence-corrected chi connectivity index (χ3v) is 6.35. The quantitative estimate of drug-likeness (QED) is 0.539. The number of carbonyl (C=O) groups excluding carboxylic acids is 2. The van der Waals surface area contributed by atoms with E-state index < -0.39 is 5.97 Å². The summed E-state index contributed by atoms with van der Waals surface area (Å²) in [5.41, 5.74) is 3.24. The number of carboxylic acid groups (broad SMARTS) is 1. The molecule has 6 nitrogen and oxygen atoms in total. The van der Waals surface area contributed by atoms with Crippen LogP contribution in [0.1, 0.15) is 60.3 Å². The largest absolute Gasteiger partial charge is 0.488 e. The number of aliphatic carboxylic acids is 1. The Hall–Kier alpha value is -3.41. The summed E-state index contributed by atoms with van der Waals surface area (Å²) >= 11 is 0. The first-order valence-electron chi connectivity index (χ1n) is 10.9. The number of ether oxygens (including phenoxy) is 1. The van der Waals surface area contributed by atoms with Gasteiger partial charge in [-0.2, -0.15) is 0 Å². The molecule has 166 valence electrons. The highest BCUT2D eigenvalue weighted by Gasteiger charge is 2.41. The Kier molecular flexibility index (Phi) is 5.87. The van der Waals surface area contributed by atoms with Gasteiger partial charge in [0.1, 0.15) is 17.9 Å². The lowest BCUT2D eigenvalue weighted by Gasteiger charge is -2.46. The summed E-state index contributed by atoms with van der Waals surface area (Å²) in [6.45, 7) is 6.04. The van der Waals surface area contributed by atoms with Gasteiger partial charge < -0.3 is 14.7 Å². The maximum absolute atomic E-state index is 12.6. The lowest BCUT2D eigenvalue weighted by atomic mass is 9.79. The normalized spacial score (nSPS) is 19.8. The van der Waals surface area contributed by atoms with Crippen LogP contribution in [0, 0.1) is 5.92 Å². The number of nitrogens with zero attached hydrogens (tertiary/aromatic N) is 1. The molecular weight excluding hydrogens is 406 g/mol. The van der Waals surface area contributed by atoms with Gasteiger partial charge in [-0.25, -0.2) is 4.79 Å². The molecule has 2 aliphatic rings. The van der Waals surface area contributed by atoms with Crippen molar-refractivity contribution in [2.75, 3.05) is 0 Å². The molecule has 2 atom stereocenters. The topological polar surface area (TPSA) is 83.9 Å². The molecule has 0 saturated heterocycles. The van der Waals surface area contributed by atoms with Crippen LogP contribution in [0.15, 0.2) is 54.2 Å². The summed E-state index contributed by atoms with van der Waals surface area (Å²) in [5.74, 6) is -0.915. The molecule has 32 heavy (non-hydrogen) atoms. The van der Waals surface area contributed by atoms with Crippen molar-refractivity contribution in [2.45, 2.75) is 52.3 Å². The van der Waals surface area contributed by atoms with Crippen LogP contribution >= 0.6 is 0 Å². The van der Waals surface area contributed by atoms with Gasteiger partial charge in [0.15, 0.2) is 11.6 Å². The second-order valence-electron chi connectivity index (χ2n) is 8.83. The average Bonchev–Trinajstić information content (AvgIpc) is 2.76. The minimum Gasteiger partial charge on any atom is -0.488 e. The average molecular weight is 434 g/mol. The predicted octanol–water partition coefficient (Wildman–Crippen LogP) is 4.33. The second kappa shape index (κ2) is 8.61. The minimum atomic E-state index is -1.20. The van der Waals surface area contributed by atoms with Crippen molar-refractivity contribution in [1.29, 1.82) is 0 Å². The van der Waals surface area contributed by atoms with Crippen molar-refractivity contribution in [3.8, 4) is 5.75 Å². The third kappa shape index (κ3) is 4.05. The standard InChI is InChI=1S/C26H27NO5/c1-15(2)22-9-18-10-25(32-14-17-7-5-4-6-8-17)19(16(3)28)11-20(18)23-12-24(29)21(26(30)31)13-27(22)23/h4-8,10-11,13,15,22-23H,9,12,14H2,1-3H3,(H,30,31). The van der Waals surface area contributed by atoms with Crippen LogP contribution in [0.4, 0.5) is 0 Å². The summed E-state index contributed by atoms with van der Waals surface area (Å²) in [6.07, 6.45) is 2.26. The van der Waals surface area contributed by atoms with Crippen LogP contribution in [0.3, 0.4) is 0 Å². The number of hydrogen-bond acceptors (Lipinski definition) is 5. The van der Waals surface area contributed by atoms with E-state index in [1.54, 1.807) is 0 Å². The summed E-state index contributed by atoms with van der Waals surface area (Å²) in [7, 11) is 0. The van der Waals surface area contributed by atoms with E-state index >= 15 is 0 Å². The van der Waals surface area contributed by atoms with Crippen LogP contribution < -0.4 is 4.74 Å². The smallest absolute Gasteiger partial charge is 0.340 e. The number of carbonyl (C=O) groups is 3. The van der Waals surface area contributed by atoms with Crippen LogP contribution in [0.2, 0.25) is 0 Å². The second-order valence-corrected chi connectivity index (χ2v) is 8.83. The van der Waals surface area contributed by atoms with E-state index in [9.17, 15) is 19.5 Å². The molecule has 0 fully saturated rings. The van der Waals surface area contributed by atoms with Crippen LogP contribution in [-0.4, -0.2) is 33.6 Å². The van der Waals surface area contributed by atoms with E-state index in [0.29, 0.717) is 24.3 Å². The van der Waals surface area contributed by atoms with Gasteiger partial charge >= 0.3 is 5.97 Å². The van der Waals surface area contributed by atoms with Gasteiger partial charge in [0.05, 0.1) is 11.6 Å². The highest BCUT2D eigenvalue weighted by molar-refractivity contribution is 6.17. The highest BCUT2D eigenvalue weighted by atomic mass is 16.5. The van der Waals surface area contributed by atoms with Gasteiger partial charge in [-0.3, -0.25) is 9.59 Å². The Labute approximate surface area is 187 Å². The molecular formula is C26H27NO5. The number of hydrogen-bond donors (Lipinski definition) is 1. The van der Waals surface area contributed by atoms with Gasteiger partial charge in [-0.15, -0.1) is 0 Å². The highest BCUT2D eigenvalue weighted by Crippen LogP contribution is 2.43. The molecule has 2 aromatic carbocycles. The Balaban J connectivity index is 1.76. The van der Waals surface area contributed by atoms with Gasteiger partial charge in [-0.1, -0.05) is 44.2 Å². The number of Topliss-reactive ketones (excluding diaryl/α,β-unsaturated/α-hetero) is 2. The fourth-order valence-electron chi connectivity index (χ4n) is 4.64. The molecule has 2 heterocycles. The number of ketones is 2. The summed E-state index contributed by atoms with van der Waals surface area (Å²) < 4.78 is 6.06. The van der Waals surface area contributed by atoms with Crippen molar-refractivity contribution in [2.24, 2.45) is 5.92 Å². The number of rotatable bonds is 6. The molecule has 0 saturated carbocycles. The molecule has 0 amide bonds. The van der Waals surface area contributed by atoms with Crippen LogP contribution in [-0.2, 0) is 22.6 Å². The Morgan fingerprint density at radius 1 is 1.16 bits per heavy atom. The fraction of sp³-hybridized carbons (Fsp3) is 0.346. The Morgan fingerprint density at radius 2 is 1.88 bits per heavy atom. The molecule has 1 N–H and O–H groups in total. The summed E-state index contributed by atoms with van der Waals surface area (Å²) in [6, 6.07) is 13.3. The maximum Gasteiger partial charge on any atom is 0.340 e. The van der Waals surface area contributed by atoms with Gasteiger partial charge in [-0.05, 0) is 48.1 Å². The fourth-order valence-corrected chi connectivity index (χ4v) is 4.64. The van der Waals surface area contributed by atoms with Crippen molar-refractivity contribution in [1.82, 2.24) is 4.90 Å². The van der Waals surface area contributed by atoms with Gasteiger partial charge in [0.25, 0.3) is 0 Å². The molecule has 6 heteroatoms. The molecule has 4 rings (SSSR count). The van der Waals surface area contributed by atoms with Crippen molar-refractivity contribution >= 4 is 17.5 Å². The number of benzene rings is 2. The summed E-state index contributed by atoms with van der Waals surface area (Å²) in [4.78, 5) is 38.6. The van der Waals surface area contributed by atoms with E-state index in [4.69, 9.17) is 4.74 Å². The first-order chi connectivity index (χ1) is 15.3. The molecule has 0 spiro atoms. The van der Waals surface area contributed by atoms with E-state index in [-0.39, 0.29) is 41.6 Å². The van der Waals surface area contributed by atoms with Crippen LogP contribution in [0.25, 0.3) is 0 Å². The SMILES string of the molecule is CC(=O)c1cc2c(cc1OCc1ccccc1)CC(C(C)C)N1C=C(C(=O)O)C(=O)CC21. The first kappa shape index (κ1) is 21.8. The molecule has 0 aromatic heterocycles. The first-order valence-corrected chi connectivity index (χ1v) is 10.9. The zero-order chi connectivity index (χ0) is 23.0. The van der Waals surface area contributed by atoms with E-state index in [1.165, 1.54) is 13.1 Å². The Bertz CT molecular complexity index is 1100. The maximum atomic E-state index is 12.6. The van der Waals surface area contributed by atoms with E-state index in [1.807, 2.05) is 47.4 Å². The lowest BCUT2D eigenvalue weighted by molar-refractivity contribution is -0.135. The van der Waals surface area contributed by atoms with Crippen molar-refractivity contribution in [3.05, 3.63) is 76.5 Å². The molecule has 2 unspecified atom stereocenters. The van der Waals surface area contributed by atoms with Crippen LogP contribution in [0.5, 0.6) is 5.75 Å². The van der Waals surface area contributed by atoms with Crippen molar-refractivity contribution < 1.29 is 24.2 Å². The zero-order valence-corrected chi connectivity index (χ0v) is 18.5. The van der Waals surface area contributed by atoms with E-state index in [2.05, 4.69) is 13.8 Å². The van der Waals surface area contributed by atoms with E-state index in [0.717, 1.165) is 16.7 Å². The molecule has 2 aliphatic heterocycles. The zero-order valence-electron chi connectivity index (χ0n) is 18.5. The Morgan fingerprint density at radius 3 is 2.50 bits per heavy atom. The van der Waals surface area contributed by atoms with Gasteiger partial charge in [0, 0.05) is 18.7 Å². The van der Waals surface area contributed by atoms with Crippen molar-refractivity contribution in [3.63, 3.8) is 0 Å². The monoisotopic (exact) mass is 433 g/mol. The third-order valence-electron chi connectivity index (χ3n) is 6.35. The summed E-state index contributed by atoms with van der Waals surface area (Å²) in [5, 5.41) is 9.45. The molecule has 0 bridgehead atoms.